The zero-order valence-corrected chi connectivity index (χ0v) is 16.3. The fraction of sp³-hybridized carbons (Fsp3) is 0.217. The number of aliphatic hydroxyl groups is 1. The maximum atomic E-state index is 11.5. The maximum Gasteiger partial charge on any atom is 0.221 e. The van der Waals surface area contributed by atoms with E-state index in [4.69, 9.17) is 14.7 Å². The number of benzene rings is 3. The van der Waals surface area contributed by atoms with E-state index in [1.165, 1.54) is 14.0 Å². The van der Waals surface area contributed by atoms with Crippen LogP contribution in [0.15, 0.2) is 54.6 Å². The molecule has 0 aliphatic heterocycles. The molecule has 6 nitrogen and oxygen atoms in total. The summed E-state index contributed by atoms with van der Waals surface area (Å²) in [6, 6.07) is 18.5. The molecule has 0 saturated carbocycles. The quantitative estimate of drug-likeness (QED) is 0.597. The van der Waals surface area contributed by atoms with Gasteiger partial charge < -0.3 is 19.9 Å². The highest BCUT2D eigenvalue weighted by atomic mass is 16.7. The van der Waals surface area contributed by atoms with E-state index >= 15 is 0 Å². The van der Waals surface area contributed by atoms with Gasteiger partial charge in [0.15, 0.2) is 6.79 Å². The van der Waals surface area contributed by atoms with Gasteiger partial charge in [0.25, 0.3) is 0 Å². The molecule has 0 bridgehead atoms. The van der Waals surface area contributed by atoms with Gasteiger partial charge in [0, 0.05) is 26.1 Å². The predicted molar refractivity (Wildman–Crippen MR) is 111 cm³/mol. The number of rotatable bonds is 7. The van der Waals surface area contributed by atoms with Crippen LogP contribution in [0.2, 0.25) is 0 Å². The number of nitrogens with zero attached hydrogens (tertiary/aromatic N) is 1. The summed E-state index contributed by atoms with van der Waals surface area (Å²) in [5.41, 5.74) is 2.66. The molecule has 3 rings (SSSR count). The first-order valence-corrected chi connectivity index (χ1v) is 9.14. The van der Waals surface area contributed by atoms with Crippen LogP contribution in [0.25, 0.3) is 10.8 Å². The minimum atomic E-state index is -0.796. The molecule has 0 aromatic heterocycles. The SMILES string of the molecule is COCOc1ccc(NC(C)=O)c(CC(O)c2ccc3ccc(C#N)cc3c2)c1. The van der Waals surface area contributed by atoms with E-state index in [1.54, 1.807) is 30.3 Å². The van der Waals surface area contributed by atoms with Crippen LogP contribution in [-0.2, 0) is 16.0 Å². The zero-order valence-electron chi connectivity index (χ0n) is 16.3. The van der Waals surface area contributed by atoms with Crippen molar-refractivity contribution in [3.05, 3.63) is 71.3 Å². The standard InChI is InChI=1S/C23H22N2O4/c1-15(26)25-22-8-7-21(29-14-28-2)11-20(22)12-23(27)18-6-5-17-4-3-16(13-24)9-19(17)10-18/h3-11,23,27H,12,14H2,1-2H3,(H,25,26). The number of carbonyl (C=O) groups excluding carboxylic acids is 1. The Morgan fingerprint density at radius 2 is 1.93 bits per heavy atom. The Labute approximate surface area is 169 Å². The molecule has 0 aliphatic carbocycles. The summed E-state index contributed by atoms with van der Waals surface area (Å²) in [5.74, 6) is 0.390. The molecule has 0 spiro atoms. The summed E-state index contributed by atoms with van der Waals surface area (Å²) in [6.45, 7) is 1.54. The summed E-state index contributed by atoms with van der Waals surface area (Å²) in [5, 5.41) is 24.6. The average molecular weight is 390 g/mol. The number of carbonyl (C=O) groups is 1. The molecular formula is C23H22N2O4. The lowest BCUT2D eigenvalue weighted by atomic mass is 9.97. The second-order valence-corrected chi connectivity index (χ2v) is 6.70. The van der Waals surface area contributed by atoms with Crippen molar-refractivity contribution >= 4 is 22.4 Å². The number of hydrogen-bond acceptors (Lipinski definition) is 5. The molecule has 0 heterocycles. The molecule has 148 valence electrons. The Morgan fingerprint density at radius 1 is 1.14 bits per heavy atom. The van der Waals surface area contributed by atoms with Crippen LogP contribution in [0.4, 0.5) is 5.69 Å². The largest absolute Gasteiger partial charge is 0.468 e. The van der Waals surface area contributed by atoms with Crippen molar-refractivity contribution in [1.29, 1.82) is 5.26 Å². The smallest absolute Gasteiger partial charge is 0.221 e. The maximum absolute atomic E-state index is 11.5. The first kappa shape index (κ1) is 20.3. The van der Waals surface area contributed by atoms with E-state index in [1.807, 2.05) is 24.3 Å². The fourth-order valence-corrected chi connectivity index (χ4v) is 3.14. The van der Waals surface area contributed by atoms with E-state index in [0.717, 1.165) is 21.9 Å². The number of fused-ring (bicyclic) bond motifs is 1. The normalized spacial score (nSPS) is 11.7. The van der Waals surface area contributed by atoms with E-state index in [2.05, 4.69) is 11.4 Å². The van der Waals surface area contributed by atoms with E-state index in [-0.39, 0.29) is 19.1 Å². The third kappa shape index (κ3) is 5.11. The van der Waals surface area contributed by atoms with Crippen LogP contribution in [0.3, 0.4) is 0 Å². The number of ether oxygens (including phenoxy) is 2. The molecule has 1 unspecified atom stereocenters. The van der Waals surface area contributed by atoms with Crippen LogP contribution in [0.5, 0.6) is 5.75 Å². The molecule has 0 aliphatic rings. The summed E-state index contributed by atoms with van der Waals surface area (Å²) in [7, 11) is 1.54. The van der Waals surface area contributed by atoms with E-state index in [9.17, 15) is 9.90 Å². The van der Waals surface area contributed by atoms with Gasteiger partial charge in [0.1, 0.15) is 5.75 Å². The molecular weight excluding hydrogens is 368 g/mol. The molecule has 3 aromatic carbocycles. The molecule has 0 radical (unpaired) electrons. The van der Waals surface area contributed by atoms with Crippen molar-refractivity contribution in [1.82, 2.24) is 0 Å². The van der Waals surface area contributed by atoms with Crippen LogP contribution in [-0.4, -0.2) is 24.9 Å². The number of methoxy groups -OCH3 is 1. The van der Waals surface area contributed by atoms with E-state index < -0.39 is 6.10 Å². The van der Waals surface area contributed by atoms with Gasteiger partial charge in [-0.1, -0.05) is 18.2 Å². The second kappa shape index (κ2) is 9.20. The Kier molecular flexibility index (Phi) is 6.45. The highest BCUT2D eigenvalue weighted by Crippen LogP contribution is 2.29. The lowest BCUT2D eigenvalue weighted by molar-refractivity contribution is -0.114. The first-order valence-electron chi connectivity index (χ1n) is 9.14. The fourth-order valence-electron chi connectivity index (χ4n) is 3.14. The van der Waals surface area contributed by atoms with Crippen molar-refractivity contribution in [2.75, 3.05) is 19.2 Å². The number of hydrogen-bond donors (Lipinski definition) is 2. The Hall–Kier alpha value is -3.40. The Morgan fingerprint density at radius 3 is 2.66 bits per heavy atom. The topological polar surface area (TPSA) is 91.6 Å². The molecule has 1 atom stereocenters. The number of amides is 1. The second-order valence-electron chi connectivity index (χ2n) is 6.70. The van der Waals surface area contributed by atoms with Gasteiger partial charge >= 0.3 is 0 Å². The van der Waals surface area contributed by atoms with Gasteiger partial charge in [-0.3, -0.25) is 4.79 Å². The van der Waals surface area contributed by atoms with Crippen LogP contribution < -0.4 is 10.1 Å². The molecule has 1 amide bonds. The number of aliphatic hydroxyl groups excluding tert-OH is 1. The Bertz CT molecular complexity index is 1070. The van der Waals surface area contributed by atoms with E-state index in [0.29, 0.717) is 17.0 Å². The zero-order chi connectivity index (χ0) is 20.8. The predicted octanol–water partition coefficient (Wildman–Crippen LogP) is 3.93. The van der Waals surface area contributed by atoms with Crippen LogP contribution in [0.1, 0.15) is 29.7 Å². The van der Waals surface area contributed by atoms with Crippen LogP contribution >= 0.6 is 0 Å². The van der Waals surface area contributed by atoms with Crippen molar-refractivity contribution in [3.63, 3.8) is 0 Å². The van der Waals surface area contributed by atoms with Gasteiger partial charge in [-0.15, -0.1) is 0 Å². The molecule has 6 heteroatoms. The highest BCUT2D eigenvalue weighted by Gasteiger charge is 2.14. The lowest BCUT2D eigenvalue weighted by Gasteiger charge is -2.17. The minimum Gasteiger partial charge on any atom is -0.468 e. The number of anilines is 1. The third-order valence-corrected chi connectivity index (χ3v) is 4.52. The third-order valence-electron chi connectivity index (χ3n) is 4.52. The van der Waals surface area contributed by atoms with Crippen molar-refractivity contribution < 1.29 is 19.4 Å². The molecule has 2 N–H and O–H groups in total. The summed E-state index contributed by atoms with van der Waals surface area (Å²) < 4.78 is 10.4. The monoisotopic (exact) mass is 390 g/mol. The van der Waals surface area contributed by atoms with Gasteiger partial charge in [-0.2, -0.15) is 5.26 Å². The van der Waals surface area contributed by atoms with Crippen molar-refractivity contribution in [2.24, 2.45) is 0 Å². The van der Waals surface area contributed by atoms with Gasteiger partial charge in [-0.05, 0) is 58.3 Å². The first-order chi connectivity index (χ1) is 14.0. The highest BCUT2D eigenvalue weighted by molar-refractivity contribution is 5.89. The molecule has 0 saturated heterocycles. The molecule has 0 fully saturated rings. The minimum absolute atomic E-state index is 0.105. The molecule has 3 aromatic rings. The summed E-state index contributed by atoms with van der Waals surface area (Å²) in [4.78, 5) is 11.5. The van der Waals surface area contributed by atoms with Gasteiger partial charge in [0.05, 0.1) is 17.7 Å². The van der Waals surface area contributed by atoms with Gasteiger partial charge in [0.2, 0.25) is 5.91 Å². The lowest BCUT2D eigenvalue weighted by Crippen LogP contribution is -2.11. The van der Waals surface area contributed by atoms with Gasteiger partial charge in [-0.25, -0.2) is 0 Å². The summed E-state index contributed by atoms with van der Waals surface area (Å²) in [6.07, 6.45) is -0.515. The Balaban J connectivity index is 1.89. The van der Waals surface area contributed by atoms with Crippen molar-refractivity contribution in [3.8, 4) is 11.8 Å². The number of nitrogens with one attached hydrogen (secondary N) is 1. The molecule has 29 heavy (non-hydrogen) atoms. The summed E-state index contributed by atoms with van der Waals surface area (Å²) >= 11 is 0. The number of nitriles is 1. The van der Waals surface area contributed by atoms with Crippen LogP contribution in [0, 0.1) is 11.3 Å². The average Bonchev–Trinajstić information content (AvgIpc) is 2.72. The van der Waals surface area contributed by atoms with Crippen molar-refractivity contribution in [2.45, 2.75) is 19.4 Å².